The van der Waals surface area contributed by atoms with Gasteiger partial charge < -0.3 is 0 Å². The quantitative estimate of drug-likeness (QED) is 0.767. The third-order valence-corrected chi connectivity index (χ3v) is 5.43. The van der Waals surface area contributed by atoms with Gasteiger partial charge in [-0.05, 0) is 37.6 Å². The highest BCUT2D eigenvalue weighted by atomic mass is 32.2. The van der Waals surface area contributed by atoms with Crippen LogP contribution in [0.4, 0.5) is 5.69 Å². The first-order chi connectivity index (χ1) is 11.4. The molecule has 0 spiro atoms. The monoisotopic (exact) mass is 345 g/mol. The SMILES string of the molecule is Cc1nn(C)c(C)c1S(=O)(=O)Nc1cccc(Cn2cccn2)c1. The molecule has 0 aliphatic heterocycles. The molecule has 126 valence electrons. The molecule has 7 nitrogen and oxygen atoms in total. The van der Waals surface area contributed by atoms with Crippen LogP contribution in [-0.2, 0) is 23.6 Å². The van der Waals surface area contributed by atoms with Gasteiger partial charge in [0.25, 0.3) is 10.0 Å². The Balaban J connectivity index is 1.87. The zero-order chi connectivity index (χ0) is 17.3. The van der Waals surface area contributed by atoms with E-state index < -0.39 is 10.0 Å². The predicted octanol–water partition coefficient (Wildman–Crippen LogP) is 2.08. The number of benzene rings is 1. The van der Waals surface area contributed by atoms with Gasteiger partial charge >= 0.3 is 0 Å². The summed E-state index contributed by atoms with van der Waals surface area (Å²) in [4.78, 5) is 0.225. The second-order valence-corrected chi connectivity index (χ2v) is 7.25. The van der Waals surface area contributed by atoms with E-state index in [0.717, 1.165) is 5.56 Å². The van der Waals surface area contributed by atoms with E-state index in [4.69, 9.17) is 0 Å². The summed E-state index contributed by atoms with van der Waals surface area (Å²) in [5.74, 6) is 0. The first kappa shape index (κ1) is 16.3. The Morgan fingerprint density at radius 1 is 1.21 bits per heavy atom. The van der Waals surface area contributed by atoms with Crippen LogP contribution < -0.4 is 4.72 Å². The zero-order valence-corrected chi connectivity index (χ0v) is 14.6. The molecule has 0 bridgehead atoms. The van der Waals surface area contributed by atoms with Crippen LogP contribution in [0.2, 0.25) is 0 Å². The van der Waals surface area contributed by atoms with Crippen molar-refractivity contribution in [1.29, 1.82) is 0 Å². The highest BCUT2D eigenvalue weighted by molar-refractivity contribution is 7.92. The van der Waals surface area contributed by atoms with Crippen molar-refractivity contribution in [2.45, 2.75) is 25.3 Å². The second kappa shape index (κ2) is 6.12. The maximum absolute atomic E-state index is 12.7. The number of nitrogens with zero attached hydrogens (tertiary/aromatic N) is 4. The summed E-state index contributed by atoms with van der Waals surface area (Å²) in [7, 11) is -1.96. The number of anilines is 1. The second-order valence-electron chi connectivity index (χ2n) is 5.63. The highest BCUT2D eigenvalue weighted by Gasteiger charge is 2.23. The van der Waals surface area contributed by atoms with Crippen molar-refractivity contribution in [3.8, 4) is 0 Å². The summed E-state index contributed by atoms with van der Waals surface area (Å²) in [6, 6.07) is 9.13. The molecular weight excluding hydrogens is 326 g/mol. The van der Waals surface area contributed by atoms with Crippen LogP contribution in [0.5, 0.6) is 0 Å². The topological polar surface area (TPSA) is 81.8 Å². The summed E-state index contributed by atoms with van der Waals surface area (Å²) in [6.45, 7) is 4.01. The van der Waals surface area contributed by atoms with Crippen molar-refractivity contribution in [3.05, 3.63) is 59.7 Å². The standard InChI is InChI=1S/C16H19N5O2S/c1-12-16(13(2)20(3)18-12)24(22,23)19-15-7-4-6-14(10-15)11-21-9-5-8-17-21/h4-10,19H,11H2,1-3H3. The van der Waals surface area contributed by atoms with E-state index in [0.29, 0.717) is 23.6 Å². The van der Waals surface area contributed by atoms with Gasteiger partial charge in [0.1, 0.15) is 4.90 Å². The molecule has 2 aromatic heterocycles. The van der Waals surface area contributed by atoms with Crippen LogP contribution in [0.3, 0.4) is 0 Å². The molecular formula is C16H19N5O2S. The Hall–Kier alpha value is -2.61. The van der Waals surface area contributed by atoms with Crippen molar-refractivity contribution in [2.75, 3.05) is 4.72 Å². The maximum Gasteiger partial charge on any atom is 0.265 e. The summed E-state index contributed by atoms with van der Waals surface area (Å²) < 4.78 is 31.4. The third-order valence-electron chi connectivity index (χ3n) is 3.79. The van der Waals surface area contributed by atoms with E-state index in [1.165, 1.54) is 0 Å². The van der Waals surface area contributed by atoms with Gasteiger partial charge in [0.05, 0.1) is 17.9 Å². The molecule has 1 aromatic carbocycles. The fourth-order valence-electron chi connectivity index (χ4n) is 2.66. The van der Waals surface area contributed by atoms with Crippen LogP contribution in [0.15, 0.2) is 47.6 Å². The van der Waals surface area contributed by atoms with Crippen LogP contribution >= 0.6 is 0 Å². The van der Waals surface area contributed by atoms with Crippen LogP contribution in [0, 0.1) is 13.8 Å². The molecule has 0 unspecified atom stereocenters. The van der Waals surface area contributed by atoms with Gasteiger partial charge in [0.15, 0.2) is 0 Å². The fraction of sp³-hybridized carbons (Fsp3) is 0.250. The van der Waals surface area contributed by atoms with Gasteiger partial charge in [-0.2, -0.15) is 10.2 Å². The Kier molecular flexibility index (Phi) is 4.15. The molecule has 3 rings (SSSR count). The minimum atomic E-state index is -3.69. The summed E-state index contributed by atoms with van der Waals surface area (Å²) >= 11 is 0. The van der Waals surface area contributed by atoms with Crippen molar-refractivity contribution < 1.29 is 8.42 Å². The summed E-state index contributed by atoms with van der Waals surface area (Å²) in [6.07, 6.45) is 3.57. The molecule has 0 amide bonds. The molecule has 0 atom stereocenters. The van der Waals surface area contributed by atoms with E-state index in [-0.39, 0.29) is 4.90 Å². The Morgan fingerprint density at radius 3 is 2.62 bits per heavy atom. The van der Waals surface area contributed by atoms with E-state index >= 15 is 0 Å². The molecule has 1 N–H and O–H groups in total. The van der Waals surface area contributed by atoms with Crippen LogP contribution in [0.1, 0.15) is 17.0 Å². The number of nitrogens with one attached hydrogen (secondary N) is 1. The molecule has 24 heavy (non-hydrogen) atoms. The van der Waals surface area contributed by atoms with Gasteiger partial charge in [0.2, 0.25) is 0 Å². The minimum Gasteiger partial charge on any atom is -0.280 e. The lowest BCUT2D eigenvalue weighted by molar-refractivity contribution is 0.599. The molecule has 2 heterocycles. The molecule has 0 aliphatic rings. The molecule has 3 aromatic rings. The number of aryl methyl sites for hydroxylation is 2. The Morgan fingerprint density at radius 2 is 2.00 bits per heavy atom. The van der Waals surface area contributed by atoms with Crippen molar-refractivity contribution in [3.63, 3.8) is 0 Å². The van der Waals surface area contributed by atoms with E-state index in [1.807, 2.05) is 24.4 Å². The molecule has 0 saturated carbocycles. The minimum absolute atomic E-state index is 0.225. The molecule has 0 aliphatic carbocycles. The summed E-state index contributed by atoms with van der Waals surface area (Å²) in [5, 5.41) is 8.33. The average molecular weight is 345 g/mol. The lowest BCUT2D eigenvalue weighted by Crippen LogP contribution is -2.15. The molecule has 0 radical (unpaired) electrons. The predicted molar refractivity (Wildman–Crippen MR) is 91.3 cm³/mol. The van der Waals surface area contributed by atoms with E-state index in [2.05, 4.69) is 14.9 Å². The van der Waals surface area contributed by atoms with Gasteiger partial charge in [-0.15, -0.1) is 0 Å². The fourth-order valence-corrected chi connectivity index (χ4v) is 4.15. The number of rotatable bonds is 5. The van der Waals surface area contributed by atoms with Crippen molar-refractivity contribution >= 4 is 15.7 Å². The average Bonchev–Trinajstić information content (AvgIpc) is 3.07. The largest absolute Gasteiger partial charge is 0.280 e. The van der Waals surface area contributed by atoms with Gasteiger partial charge in [-0.25, -0.2) is 8.42 Å². The lowest BCUT2D eigenvalue weighted by Gasteiger charge is -2.10. The zero-order valence-electron chi connectivity index (χ0n) is 13.8. The normalized spacial score (nSPS) is 11.6. The van der Waals surface area contributed by atoms with Gasteiger partial charge in [0, 0.05) is 25.1 Å². The Labute approximate surface area is 141 Å². The number of hydrogen-bond donors (Lipinski definition) is 1. The van der Waals surface area contributed by atoms with Crippen LogP contribution in [-0.4, -0.2) is 28.0 Å². The third kappa shape index (κ3) is 3.18. The van der Waals surface area contributed by atoms with Crippen molar-refractivity contribution in [2.24, 2.45) is 7.05 Å². The van der Waals surface area contributed by atoms with Crippen LogP contribution in [0.25, 0.3) is 0 Å². The number of sulfonamides is 1. The maximum atomic E-state index is 12.7. The van der Waals surface area contributed by atoms with Gasteiger partial charge in [-0.1, -0.05) is 12.1 Å². The highest BCUT2D eigenvalue weighted by Crippen LogP contribution is 2.22. The summed E-state index contributed by atoms with van der Waals surface area (Å²) in [5.41, 5.74) is 2.56. The smallest absolute Gasteiger partial charge is 0.265 e. The number of hydrogen-bond acceptors (Lipinski definition) is 4. The molecule has 0 fully saturated rings. The first-order valence-corrected chi connectivity index (χ1v) is 8.94. The lowest BCUT2D eigenvalue weighted by atomic mass is 10.2. The van der Waals surface area contributed by atoms with E-state index in [9.17, 15) is 8.42 Å². The number of aromatic nitrogens is 4. The molecule has 8 heteroatoms. The molecule has 0 saturated heterocycles. The first-order valence-electron chi connectivity index (χ1n) is 7.46. The van der Waals surface area contributed by atoms with E-state index in [1.54, 1.807) is 48.6 Å². The Bertz CT molecular complexity index is 959. The van der Waals surface area contributed by atoms with Crippen molar-refractivity contribution in [1.82, 2.24) is 19.6 Å². The van der Waals surface area contributed by atoms with Gasteiger partial charge in [-0.3, -0.25) is 14.1 Å².